The monoisotopic (exact) mass is 447 g/mol. The zero-order chi connectivity index (χ0) is 21.9. The molecule has 1 aliphatic rings. The van der Waals surface area contributed by atoms with E-state index in [1.807, 2.05) is 30.5 Å². The zero-order valence-electron chi connectivity index (χ0n) is 17.8. The summed E-state index contributed by atoms with van der Waals surface area (Å²) in [5.74, 6) is 1.05. The highest BCUT2D eigenvalue weighted by molar-refractivity contribution is 6.33. The number of aliphatic hydroxyl groups is 1. The van der Waals surface area contributed by atoms with E-state index < -0.39 is 0 Å². The molecule has 0 atom stereocenters. The van der Waals surface area contributed by atoms with Crippen molar-refractivity contribution in [1.29, 1.82) is 0 Å². The standard InChI is InChI=1S/C25H26ClN5O/c26-22-16-28-25(30-24(22)21-15-27-23-7-2-1-6-20(21)23)29-19-5-3-4-18(14-19)17-8-10-31(11-9-17)12-13-32/h1-7,14-17,27,32H,8-13H2,(H,28,29,30). The first kappa shape index (κ1) is 20.9. The molecule has 5 rings (SSSR count). The molecule has 164 valence electrons. The van der Waals surface area contributed by atoms with Crippen LogP contribution in [-0.4, -0.2) is 51.2 Å². The normalized spacial score (nSPS) is 15.3. The number of nitrogens with one attached hydrogen (secondary N) is 2. The molecule has 0 radical (unpaired) electrons. The molecule has 0 bridgehead atoms. The van der Waals surface area contributed by atoms with E-state index >= 15 is 0 Å². The van der Waals surface area contributed by atoms with Gasteiger partial charge in [0.2, 0.25) is 5.95 Å². The maximum absolute atomic E-state index is 9.16. The van der Waals surface area contributed by atoms with Crippen LogP contribution in [0, 0.1) is 0 Å². The average molecular weight is 448 g/mol. The molecule has 1 aliphatic heterocycles. The van der Waals surface area contributed by atoms with Crippen LogP contribution in [0.4, 0.5) is 11.6 Å². The van der Waals surface area contributed by atoms with Gasteiger partial charge in [-0.05, 0) is 55.6 Å². The predicted octanol–water partition coefficient (Wildman–Crippen LogP) is 5.19. The molecule has 2 aromatic heterocycles. The SMILES string of the molecule is OCCN1CCC(c2cccc(Nc3ncc(Cl)c(-c4c[nH]c5ccccc45)n3)c2)CC1. The Hall–Kier alpha value is -2.93. The lowest BCUT2D eigenvalue weighted by molar-refractivity contribution is 0.164. The van der Waals surface area contributed by atoms with Gasteiger partial charge in [-0.3, -0.25) is 0 Å². The van der Waals surface area contributed by atoms with Crippen LogP contribution < -0.4 is 5.32 Å². The van der Waals surface area contributed by atoms with Crippen molar-refractivity contribution in [2.45, 2.75) is 18.8 Å². The minimum atomic E-state index is 0.228. The summed E-state index contributed by atoms with van der Waals surface area (Å²) in [4.78, 5) is 14.7. The number of benzene rings is 2. The Labute approximate surface area is 192 Å². The fraction of sp³-hybridized carbons (Fsp3) is 0.280. The number of β-amino-alcohol motifs (C(OH)–C–C–N with tert-alkyl or cyclic N) is 1. The molecule has 0 unspecified atom stereocenters. The summed E-state index contributed by atoms with van der Waals surface area (Å²) in [7, 11) is 0. The molecular weight excluding hydrogens is 422 g/mol. The summed E-state index contributed by atoms with van der Waals surface area (Å²) in [6.45, 7) is 3.04. The van der Waals surface area contributed by atoms with Gasteiger partial charge in [-0.25, -0.2) is 9.97 Å². The van der Waals surface area contributed by atoms with E-state index in [4.69, 9.17) is 21.7 Å². The smallest absolute Gasteiger partial charge is 0.227 e. The molecule has 32 heavy (non-hydrogen) atoms. The Morgan fingerprint density at radius 3 is 2.81 bits per heavy atom. The van der Waals surface area contributed by atoms with E-state index in [2.05, 4.69) is 44.5 Å². The van der Waals surface area contributed by atoms with Crippen molar-refractivity contribution in [3.63, 3.8) is 0 Å². The molecular formula is C25H26ClN5O. The number of anilines is 2. The van der Waals surface area contributed by atoms with Crippen molar-refractivity contribution in [2.24, 2.45) is 0 Å². The summed E-state index contributed by atoms with van der Waals surface area (Å²) in [5.41, 5.74) is 5.00. The van der Waals surface area contributed by atoms with Gasteiger partial charge in [-0.2, -0.15) is 0 Å². The van der Waals surface area contributed by atoms with Crippen molar-refractivity contribution >= 4 is 34.1 Å². The van der Waals surface area contributed by atoms with Crippen molar-refractivity contribution in [3.8, 4) is 11.3 Å². The number of aromatic amines is 1. The van der Waals surface area contributed by atoms with Gasteiger partial charge in [-0.15, -0.1) is 0 Å². The molecule has 3 N–H and O–H groups in total. The Morgan fingerprint density at radius 1 is 1.12 bits per heavy atom. The Morgan fingerprint density at radius 2 is 1.97 bits per heavy atom. The largest absolute Gasteiger partial charge is 0.395 e. The van der Waals surface area contributed by atoms with E-state index in [1.165, 1.54) is 5.56 Å². The molecule has 4 aromatic rings. The van der Waals surface area contributed by atoms with Gasteiger partial charge in [0.1, 0.15) is 0 Å². The van der Waals surface area contributed by atoms with E-state index in [0.29, 0.717) is 22.6 Å². The molecule has 0 spiro atoms. The topological polar surface area (TPSA) is 77.1 Å². The number of H-pyrrole nitrogens is 1. The highest BCUT2D eigenvalue weighted by Gasteiger charge is 2.20. The molecule has 6 nitrogen and oxygen atoms in total. The molecule has 1 fully saturated rings. The van der Waals surface area contributed by atoms with E-state index in [1.54, 1.807) is 6.20 Å². The molecule has 2 aromatic carbocycles. The second-order valence-corrected chi connectivity index (χ2v) is 8.64. The van der Waals surface area contributed by atoms with Crippen LogP contribution in [0.3, 0.4) is 0 Å². The zero-order valence-corrected chi connectivity index (χ0v) is 18.5. The molecule has 3 heterocycles. The maximum atomic E-state index is 9.16. The quantitative estimate of drug-likeness (QED) is 0.379. The first-order valence-electron chi connectivity index (χ1n) is 11.0. The van der Waals surface area contributed by atoms with E-state index in [0.717, 1.165) is 54.6 Å². The number of nitrogens with zero attached hydrogens (tertiary/aromatic N) is 3. The number of aliphatic hydroxyl groups excluding tert-OH is 1. The highest BCUT2D eigenvalue weighted by atomic mass is 35.5. The molecule has 0 saturated carbocycles. The second kappa shape index (κ2) is 9.28. The molecule has 0 amide bonds. The van der Waals surface area contributed by atoms with Crippen LogP contribution >= 0.6 is 11.6 Å². The van der Waals surface area contributed by atoms with Crippen LogP contribution in [0.2, 0.25) is 5.02 Å². The van der Waals surface area contributed by atoms with Crippen LogP contribution in [0.1, 0.15) is 24.3 Å². The number of likely N-dealkylation sites (tertiary alicyclic amines) is 1. The number of halogens is 1. The minimum Gasteiger partial charge on any atom is -0.395 e. The lowest BCUT2D eigenvalue weighted by Gasteiger charge is -2.31. The van der Waals surface area contributed by atoms with Crippen LogP contribution in [0.25, 0.3) is 22.2 Å². The van der Waals surface area contributed by atoms with Crippen molar-refractivity contribution in [2.75, 3.05) is 31.6 Å². The maximum Gasteiger partial charge on any atom is 0.227 e. The third-order valence-electron chi connectivity index (χ3n) is 6.21. The van der Waals surface area contributed by atoms with Gasteiger partial charge < -0.3 is 20.3 Å². The molecule has 7 heteroatoms. The number of para-hydroxylation sites is 1. The first-order chi connectivity index (χ1) is 15.7. The summed E-state index contributed by atoms with van der Waals surface area (Å²) in [5, 5.41) is 14.1. The average Bonchev–Trinajstić information content (AvgIpc) is 3.25. The number of hydrogen-bond donors (Lipinski definition) is 3. The van der Waals surface area contributed by atoms with Crippen molar-refractivity contribution < 1.29 is 5.11 Å². The first-order valence-corrected chi connectivity index (χ1v) is 11.4. The predicted molar refractivity (Wildman–Crippen MR) is 130 cm³/mol. The fourth-order valence-electron chi connectivity index (χ4n) is 4.51. The van der Waals surface area contributed by atoms with Crippen LogP contribution in [0.5, 0.6) is 0 Å². The summed E-state index contributed by atoms with van der Waals surface area (Å²) in [6, 6.07) is 16.6. The van der Waals surface area contributed by atoms with Crippen LogP contribution in [-0.2, 0) is 0 Å². The number of piperidine rings is 1. The lowest BCUT2D eigenvalue weighted by Crippen LogP contribution is -2.34. The summed E-state index contributed by atoms with van der Waals surface area (Å²) >= 11 is 6.47. The van der Waals surface area contributed by atoms with Gasteiger partial charge >= 0.3 is 0 Å². The van der Waals surface area contributed by atoms with Crippen LogP contribution in [0.15, 0.2) is 60.9 Å². The third kappa shape index (κ3) is 4.35. The van der Waals surface area contributed by atoms with E-state index in [-0.39, 0.29) is 6.61 Å². The van der Waals surface area contributed by atoms with Gasteiger partial charge in [0, 0.05) is 34.9 Å². The van der Waals surface area contributed by atoms with Crippen molar-refractivity contribution in [1.82, 2.24) is 19.9 Å². The number of rotatable bonds is 6. The summed E-state index contributed by atoms with van der Waals surface area (Å²) in [6.07, 6.45) is 5.79. The molecule has 1 saturated heterocycles. The van der Waals surface area contributed by atoms with Gasteiger partial charge in [0.25, 0.3) is 0 Å². The van der Waals surface area contributed by atoms with Gasteiger partial charge in [0.05, 0.1) is 23.5 Å². The third-order valence-corrected chi connectivity index (χ3v) is 6.48. The molecule has 0 aliphatic carbocycles. The second-order valence-electron chi connectivity index (χ2n) is 8.23. The lowest BCUT2D eigenvalue weighted by atomic mass is 9.89. The number of aromatic nitrogens is 3. The Kier molecular flexibility index (Phi) is 6.08. The van der Waals surface area contributed by atoms with E-state index in [9.17, 15) is 0 Å². The highest BCUT2D eigenvalue weighted by Crippen LogP contribution is 2.33. The summed E-state index contributed by atoms with van der Waals surface area (Å²) < 4.78 is 0. The van der Waals surface area contributed by atoms with Gasteiger partial charge in [0.15, 0.2) is 0 Å². The fourth-order valence-corrected chi connectivity index (χ4v) is 4.71. The Balaban J connectivity index is 1.36. The Bertz CT molecular complexity index is 1220. The number of hydrogen-bond acceptors (Lipinski definition) is 5. The van der Waals surface area contributed by atoms with Crippen molar-refractivity contribution in [3.05, 3.63) is 71.5 Å². The number of fused-ring (bicyclic) bond motifs is 1. The van der Waals surface area contributed by atoms with Gasteiger partial charge in [-0.1, -0.05) is 41.9 Å². The minimum absolute atomic E-state index is 0.228.